The van der Waals surface area contributed by atoms with Crippen LogP contribution in [0.5, 0.6) is 11.5 Å². The SMILES string of the molecule is COc1cc(C=NNC(=O)c2ccc(C=NO)nc2)ccc1O. The fraction of sp³-hybridized carbons (Fsp3) is 0.0667. The van der Waals surface area contributed by atoms with Crippen LogP contribution in [0.3, 0.4) is 0 Å². The van der Waals surface area contributed by atoms with Gasteiger partial charge in [0, 0.05) is 6.20 Å². The minimum Gasteiger partial charge on any atom is -0.504 e. The molecule has 8 nitrogen and oxygen atoms in total. The molecule has 3 N–H and O–H groups in total. The Morgan fingerprint density at radius 3 is 2.78 bits per heavy atom. The molecule has 0 aliphatic heterocycles. The predicted octanol–water partition coefficient (Wildman–Crippen LogP) is 1.37. The number of oxime groups is 1. The number of aromatic hydroxyl groups is 1. The van der Waals surface area contributed by atoms with Crippen molar-refractivity contribution in [3.05, 3.63) is 53.3 Å². The van der Waals surface area contributed by atoms with Crippen LogP contribution in [0.15, 0.2) is 46.8 Å². The zero-order valence-electron chi connectivity index (χ0n) is 12.2. The summed E-state index contributed by atoms with van der Waals surface area (Å²) >= 11 is 0. The number of benzene rings is 1. The number of nitrogens with one attached hydrogen (secondary N) is 1. The van der Waals surface area contributed by atoms with E-state index < -0.39 is 5.91 Å². The van der Waals surface area contributed by atoms with E-state index in [4.69, 9.17) is 9.94 Å². The van der Waals surface area contributed by atoms with Gasteiger partial charge in [0.25, 0.3) is 5.91 Å². The number of phenolic OH excluding ortho intramolecular Hbond substituents is 1. The number of hydrogen-bond donors (Lipinski definition) is 3. The number of ether oxygens (including phenoxy) is 1. The van der Waals surface area contributed by atoms with Gasteiger partial charge in [-0.3, -0.25) is 9.78 Å². The van der Waals surface area contributed by atoms with Gasteiger partial charge < -0.3 is 15.1 Å². The highest BCUT2D eigenvalue weighted by molar-refractivity contribution is 5.95. The van der Waals surface area contributed by atoms with Crippen LogP contribution in [-0.2, 0) is 0 Å². The molecule has 0 radical (unpaired) electrons. The molecule has 0 saturated heterocycles. The summed E-state index contributed by atoms with van der Waals surface area (Å²) in [6.07, 6.45) is 3.91. The molecule has 0 spiro atoms. The minimum atomic E-state index is -0.438. The number of carbonyl (C=O) groups excluding carboxylic acids is 1. The second-order valence-electron chi connectivity index (χ2n) is 4.35. The Bertz CT molecular complexity index is 742. The molecular formula is C15H14N4O4. The number of hydrogen-bond acceptors (Lipinski definition) is 7. The van der Waals surface area contributed by atoms with E-state index in [1.54, 1.807) is 12.1 Å². The largest absolute Gasteiger partial charge is 0.504 e. The van der Waals surface area contributed by atoms with Gasteiger partial charge in [0.05, 0.1) is 30.8 Å². The number of rotatable bonds is 5. The molecular weight excluding hydrogens is 300 g/mol. The van der Waals surface area contributed by atoms with Crippen molar-refractivity contribution in [2.24, 2.45) is 10.3 Å². The molecule has 1 heterocycles. The maximum Gasteiger partial charge on any atom is 0.272 e. The molecule has 0 saturated carbocycles. The third kappa shape index (κ3) is 4.27. The molecule has 0 aliphatic carbocycles. The van der Waals surface area contributed by atoms with Crippen LogP contribution in [-0.4, -0.2) is 40.7 Å². The average Bonchev–Trinajstić information content (AvgIpc) is 2.57. The summed E-state index contributed by atoms with van der Waals surface area (Å²) in [4.78, 5) is 15.8. The minimum absolute atomic E-state index is 0.0197. The highest BCUT2D eigenvalue weighted by Gasteiger charge is 2.05. The van der Waals surface area contributed by atoms with E-state index in [-0.39, 0.29) is 5.75 Å². The van der Waals surface area contributed by atoms with Gasteiger partial charge in [0.15, 0.2) is 11.5 Å². The monoisotopic (exact) mass is 314 g/mol. The fourth-order valence-corrected chi connectivity index (χ4v) is 1.68. The van der Waals surface area contributed by atoms with Gasteiger partial charge in [-0.2, -0.15) is 5.10 Å². The summed E-state index contributed by atoms with van der Waals surface area (Å²) < 4.78 is 4.98. The smallest absolute Gasteiger partial charge is 0.272 e. The number of carbonyl (C=O) groups is 1. The summed E-state index contributed by atoms with van der Waals surface area (Å²) in [7, 11) is 1.44. The number of aromatic nitrogens is 1. The average molecular weight is 314 g/mol. The van der Waals surface area contributed by atoms with Gasteiger partial charge in [-0.25, -0.2) is 5.43 Å². The molecule has 23 heavy (non-hydrogen) atoms. The lowest BCUT2D eigenvalue weighted by molar-refractivity contribution is 0.0955. The van der Waals surface area contributed by atoms with Crippen LogP contribution < -0.4 is 10.2 Å². The first kappa shape index (κ1) is 16.0. The van der Waals surface area contributed by atoms with Crippen molar-refractivity contribution in [1.29, 1.82) is 0 Å². The first-order valence-corrected chi connectivity index (χ1v) is 6.48. The quantitative estimate of drug-likeness (QED) is 0.438. The third-order valence-electron chi connectivity index (χ3n) is 2.82. The molecule has 0 atom stereocenters. The molecule has 0 unspecified atom stereocenters. The van der Waals surface area contributed by atoms with E-state index >= 15 is 0 Å². The fourth-order valence-electron chi connectivity index (χ4n) is 1.68. The Balaban J connectivity index is 2.00. The van der Waals surface area contributed by atoms with Crippen molar-refractivity contribution >= 4 is 18.3 Å². The summed E-state index contributed by atoms with van der Waals surface area (Å²) in [5, 5.41) is 24.5. The highest BCUT2D eigenvalue weighted by atomic mass is 16.5. The summed E-state index contributed by atoms with van der Waals surface area (Å²) in [5.74, 6) is -0.108. The topological polar surface area (TPSA) is 116 Å². The Kier molecular flexibility index (Phi) is 5.24. The van der Waals surface area contributed by atoms with Crippen LogP contribution in [0.1, 0.15) is 21.6 Å². The summed E-state index contributed by atoms with van der Waals surface area (Å²) in [5.41, 5.74) is 3.73. The highest BCUT2D eigenvalue weighted by Crippen LogP contribution is 2.25. The third-order valence-corrected chi connectivity index (χ3v) is 2.82. The molecule has 8 heteroatoms. The maximum absolute atomic E-state index is 11.9. The normalized spacial score (nSPS) is 11.0. The van der Waals surface area contributed by atoms with Crippen LogP contribution >= 0.6 is 0 Å². The van der Waals surface area contributed by atoms with Crippen LogP contribution in [0.2, 0.25) is 0 Å². The Hall–Kier alpha value is -3.42. The molecule has 1 amide bonds. The summed E-state index contributed by atoms with van der Waals surface area (Å²) in [6, 6.07) is 7.72. The van der Waals surface area contributed by atoms with Crippen LogP contribution in [0.25, 0.3) is 0 Å². The van der Waals surface area contributed by atoms with Gasteiger partial charge in [0.2, 0.25) is 0 Å². The molecule has 118 valence electrons. The molecule has 0 bridgehead atoms. The number of pyridine rings is 1. The van der Waals surface area contributed by atoms with Gasteiger partial charge in [-0.05, 0) is 35.9 Å². The molecule has 2 rings (SSSR count). The van der Waals surface area contributed by atoms with Crippen molar-refractivity contribution in [3.63, 3.8) is 0 Å². The van der Waals surface area contributed by atoms with Gasteiger partial charge in [-0.1, -0.05) is 5.16 Å². The first-order valence-electron chi connectivity index (χ1n) is 6.48. The summed E-state index contributed by atoms with van der Waals surface area (Å²) in [6.45, 7) is 0. The van der Waals surface area contributed by atoms with Crippen molar-refractivity contribution in [2.75, 3.05) is 7.11 Å². The van der Waals surface area contributed by atoms with E-state index in [2.05, 4.69) is 20.7 Å². The first-order chi connectivity index (χ1) is 11.1. The lowest BCUT2D eigenvalue weighted by atomic mass is 10.2. The van der Waals surface area contributed by atoms with Gasteiger partial charge in [-0.15, -0.1) is 0 Å². The lowest BCUT2D eigenvalue weighted by Gasteiger charge is -2.03. The number of amides is 1. The molecule has 0 fully saturated rings. The van der Waals surface area contributed by atoms with E-state index in [9.17, 15) is 9.90 Å². The van der Waals surface area contributed by atoms with Gasteiger partial charge in [0.1, 0.15) is 0 Å². The zero-order chi connectivity index (χ0) is 16.7. The van der Waals surface area contributed by atoms with Crippen LogP contribution in [0.4, 0.5) is 0 Å². The van der Waals surface area contributed by atoms with Crippen molar-refractivity contribution < 1.29 is 19.8 Å². The van der Waals surface area contributed by atoms with Crippen LogP contribution in [0, 0.1) is 0 Å². The number of methoxy groups -OCH3 is 1. The van der Waals surface area contributed by atoms with E-state index in [1.807, 2.05) is 0 Å². The lowest BCUT2D eigenvalue weighted by Crippen LogP contribution is -2.17. The van der Waals surface area contributed by atoms with Crippen molar-refractivity contribution in [1.82, 2.24) is 10.4 Å². The maximum atomic E-state index is 11.9. The molecule has 0 aliphatic rings. The van der Waals surface area contributed by atoms with Crippen molar-refractivity contribution in [2.45, 2.75) is 0 Å². The number of hydrazone groups is 1. The second-order valence-corrected chi connectivity index (χ2v) is 4.35. The molecule has 1 aromatic heterocycles. The Morgan fingerprint density at radius 1 is 1.30 bits per heavy atom. The van der Waals surface area contributed by atoms with E-state index in [1.165, 1.54) is 37.7 Å². The standard InChI is InChI=1S/C15H14N4O4/c1-23-14-6-10(2-5-13(14)20)7-17-19-15(21)11-3-4-12(9-18-22)16-8-11/h2-9,20,22H,1H3,(H,19,21). The number of phenols is 1. The van der Waals surface area contributed by atoms with E-state index in [0.717, 1.165) is 6.21 Å². The van der Waals surface area contributed by atoms with Crippen molar-refractivity contribution in [3.8, 4) is 11.5 Å². The Morgan fingerprint density at radius 2 is 2.13 bits per heavy atom. The van der Waals surface area contributed by atoms with E-state index in [0.29, 0.717) is 22.6 Å². The predicted molar refractivity (Wildman–Crippen MR) is 83.3 cm³/mol. The second kappa shape index (κ2) is 7.55. The number of nitrogens with zero attached hydrogens (tertiary/aromatic N) is 3. The molecule has 2 aromatic rings. The van der Waals surface area contributed by atoms with Gasteiger partial charge >= 0.3 is 0 Å². The Labute approximate surface area is 131 Å². The zero-order valence-corrected chi connectivity index (χ0v) is 12.2. The molecule has 1 aromatic carbocycles.